The van der Waals surface area contributed by atoms with Crippen molar-refractivity contribution in [1.82, 2.24) is 10.2 Å². The van der Waals surface area contributed by atoms with Gasteiger partial charge in [0.15, 0.2) is 8.68 Å². The van der Waals surface area contributed by atoms with E-state index in [0.29, 0.717) is 20.8 Å². The molecule has 6 nitrogen and oxygen atoms in total. The van der Waals surface area contributed by atoms with Gasteiger partial charge in [0.25, 0.3) is 0 Å². The zero-order valence-electron chi connectivity index (χ0n) is 15.8. The van der Waals surface area contributed by atoms with Crippen molar-refractivity contribution in [3.63, 3.8) is 0 Å². The summed E-state index contributed by atoms with van der Waals surface area (Å²) in [5, 5.41) is 8.57. The summed E-state index contributed by atoms with van der Waals surface area (Å²) in [4.78, 5) is 26.5. The molecule has 10 heteroatoms. The van der Waals surface area contributed by atoms with Crippen molar-refractivity contribution in [3.05, 3.63) is 59.1 Å². The third kappa shape index (κ3) is 4.80. The summed E-state index contributed by atoms with van der Waals surface area (Å²) in [7, 11) is 1.55. The highest BCUT2D eigenvalue weighted by Crippen LogP contribution is 2.38. The minimum Gasteiger partial charge on any atom is -0.497 e. The summed E-state index contributed by atoms with van der Waals surface area (Å²) in [6.07, 6.45) is 0.132. The van der Waals surface area contributed by atoms with Crippen LogP contribution >= 0.6 is 46.5 Å². The Morgan fingerprint density at radius 2 is 1.93 bits per heavy atom. The second-order valence-corrected chi connectivity index (χ2v) is 10.4. The molecule has 0 spiro atoms. The molecule has 0 aliphatic carbocycles. The molecule has 1 aromatic heterocycles. The maximum Gasteiger partial charge on any atom is 0.247 e. The standard InChI is InChI=1S/C20H16ClN3O3S3/c1-27-15-4-2-3-14(9-15)24-17(25)10-16(18(24)26)29-20-23-22-19(30-20)28-11-12-5-7-13(21)8-6-12/h2-9,16H,10-11H2,1H3/t16-/m1/s1. The van der Waals surface area contributed by atoms with Crippen LogP contribution in [0, 0.1) is 0 Å². The van der Waals surface area contributed by atoms with E-state index in [1.165, 1.54) is 28.0 Å². The van der Waals surface area contributed by atoms with Crippen LogP contribution < -0.4 is 9.64 Å². The molecule has 0 bridgehead atoms. The van der Waals surface area contributed by atoms with Gasteiger partial charge in [0, 0.05) is 23.3 Å². The summed E-state index contributed by atoms with van der Waals surface area (Å²) in [6, 6.07) is 14.6. The fourth-order valence-corrected chi connectivity index (χ4v) is 6.24. The lowest BCUT2D eigenvalue weighted by molar-refractivity contribution is -0.121. The highest BCUT2D eigenvalue weighted by Gasteiger charge is 2.40. The van der Waals surface area contributed by atoms with Crippen molar-refractivity contribution >= 4 is 64.0 Å². The Labute approximate surface area is 191 Å². The van der Waals surface area contributed by atoms with E-state index in [-0.39, 0.29) is 18.2 Å². The monoisotopic (exact) mass is 477 g/mol. The van der Waals surface area contributed by atoms with E-state index in [9.17, 15) is 9.59 Å². The molecule has 1 aliphatic heterocycles. The van der Waals surface area contributed by atoms with E-state index >= 15 is 0 Å². The molecule has 1 fully saturated rings. The molecule has 0 N–H and O–H groups in total. The molecule has 30 heavy (non-hydrogen) atoms. The van der Waals surface area contributed by atoms with E-state index in [1.54, 1.807) is 43.1 Å². The zero-order valence-corrected chi connectivity index (χ0v) is 19.0. The number of amides is 2. The molecule has 154 valence electrons. The van der Waals surface area contributed by atoms with E-state index < -0.39 is 5.25 Å². The number of nitrogens with zero attached hydrogens (tertiary/aromatic N) is 3. The van der Waals surface area contributed by atoms with Crippen LogP contribution in [0.3, 0.4) is 0 Å². The summed E-state index contributed by atoms with van der Waals surface area (Å²) < 4.78 is 6.68. The van der Waals surface area contributed by atoms with Crippen LogP contribution in [0.4, 0.5) is 5.69 Å². The van der Waals surface area contributed by atoms with Crippen molar-refractivity contribution < 1.29 is 14.3 Å². The predicted molar refractivity (Wildman–Crippen MR) is 121 cm³/mol. The molecule has 0 radical (unpaired) electrons. The number of hydrogen-bond donors (Lipinski definition) is 0. The van der Waals surface area contributed by atoms with Gasteiger partial charge in [-0.3, -0.25) is 9.59 Å². The van der Waals surface area contributed by atoms with E-state index in [4.69, 9.17) is 16.3 Å². The minimum atomic E-state index is -0.509. The van der Waals surface area contributed by atoms with Gasteiger partial charge in [-0.25, -0.2) is 4.90 Å². The minimum absolute atomic E-state index is 0.132. The molecule has 1 atom stereocenters. The highest BCUT2D eigenvalue weighted by molar-refractivity contribution is 8.03. The Balaban J connectivity index is 1.39. The fourth-order valence-electron chi connectivity index (χ4n) is 2.87. The van der Waals surface area contributed by atoms with Gasteiger partial charge in [-0.1, -0.05) is 64.7 Å². The summed E-state index contributed by atoms with van der Waals surface area (Å²) in [6.45, 7) is 0. The number of anilines is 1. The van der Waals surface area contributed by atoms with Crippen molar-refractivity contribution in [1.29, 1.82) is 0 Å². The van der Waals surface area contributed by atoms with Gasteiger partial charge in [-0.05, 0) is 29.8 Å². The van der Waals surface area contributed by atoms with Gasteiger partial charge in [0.2, 0.25) is 11.8 Å². The Morgan fingerprint density at radius 3 is 2.70 bits per heavy atom. The third-order valence-corrected chi connectivity index (χ3v) is 7.97. The number of thioether (sulfide) groups is 2. The zero-order chi connectivity index (χ0) is 21.1. The Morgan fingerprint density at radius 1 is 1.17 bits per heavy atom. The smallest absolute Gasteiger partial charge is 0.247 e. The maximum absolute atomic E-state index is 12.8. The Bertz CT molecular complexity index is 1070. The number of imide groups is 1. The second-order valence-electron chi connectivity index (χ2n) is 6.33. The molecule has 0 saturated carbocycles. The Kier molecular flexibility index (Phi) is 6.62. The molecule has 3 aromatic rings. The molecule has 2 aromatic carbocycles. The van der Waals surface area contributed by atoms with Crippen LogP contribution in [-0.4, -0.2) is 34.4 Å². The molecule has 1 aliphatic rings. The van der Waals surface area contributed by atoms with Crippen LogP contribution in [0.25, 0.3) is 0 Å². The van der Waals surface area contributed by atoms with Crippen molar-refractivity contribution in [2.45, 2.75) is 26.1 Å². The van der Waals surface area contributed by atoms with E-state index in [0.717, 1.165) is 15.7 Å². The lowest BCUT2D eigenvalue weighted by Gasteiger charge is -2.15. The highest BCUT2D eigenvalue weighted by atomic mass is 35.5. The summed E-state index contributed by atoms with van der Waals surface area (Å²) in [5.74, 6) is 0.869. The maximum atomic E-state index is 12.8. The molecule has 4 rings (SSSR count). The van der Waals surface area contributed by atoms with E-state index in [2.05, 4.69) is 10.2 Å². The van der Waals surface area contributed by atoms with Crippen LogP contribution in [-0.2, 0) is 15.3 Å². The number of carbonyl (C=O) groups is 2. The summed E-state index contributed by atoms with van der Waals surface area (Å²) in [5.41, 5.74) is 1.66. The fraction of sp³-hybridized carbons (Fsp3) is 0.200. The molecule has 0 unspecified atom stereocenters. The average Bonchev–Trinajstić information content (AvgIpc) is 3.31. The number of halogens is 1. The van der Waals surface area contributed by atoms with Crippen molar-refractivity contribution in [2.75, 3.05) is 12.0 Å². The number of ether oxygens (including phenoxy) is 1. The van der Waals surface area contributed by atoms with Gasteiger partial charge < -0.3 is 4.74 Å². The lowest BCUT2D eigenvalue weighted by atomic mass is 10.2. The number of aromatic nitrogens is 2. The normalized spacial score (nSPS) is 16.3. The number of benzene rings is 2. The third-order valence-electron chi connectivity index (χ3n) is 4.32. The predicted octanol–water partition coefficient (Wildman–Crippen LogP) is 4.92. The van der Waals surface area contributed by atoms with Gasteiger partial charge in [-0.2, -0.15) is 0 Å². The van der Waals surface area contributed by atoms with Gasteiger partial charge in [-0.15, -0.1) is 10.2 Å². The SMILES string of the molecule is COc1cccc(N2C(=O)C[C@@H](Sc3nnc(SCc4ccc(Cl)cc4)s3)C2=O)c1. The van der Waals surface area contributed by atoms with Crippen LogP contribution in [0.5, 0.6) is 5.75 Å². The molecular weight excluding hydrogens is 462 g/mol. The first kappa shape index (κ1) is 21.2. The lowest BCUT2D eigenvalue weighted by Crippen LogP contribution is -2.31. The van der Waals surface area contributed by atoms with Crippen LogP contribution in [0.1, 0.15) is 12.0 Å². The molecule has 2 amide bonds. The summed E-state index contributed by atoms with van der Waals surface area (Å²) >= 11 is 10.2. The number of hydrogen-bond acceptors (Lipinski definition) is 8. The number of methoxy groups -OCH3 is 1. The van der Waals surface area contributed by atoms with Crippen LogP contribution in [0.15, 0.2) is 57.2 Å². The van der Waals surface area contributed by atoms with Gasteiger partial charge in [0.1, 0.15) is 11.0 Å². The quantitative estimate of drug-likeness (QED) is 0.353. The van der Waals surface area contributed by atoms with Crippen molar-refractivity contribution in [2.24, 2.45) is 0 Å². The second kappa shape index (κ2) is 9.38. The molecular formula is C20H16ClN3O3S3. The van der Waals surface area contributed by atoms with Crippen molar-refractivity contribution in [3.8, 4) is 5.75 Å². The number of carbonyl (C=O) groups excluding carboxylic acids is 2. The molecule has 1 saturated heterocycles. The van der Waals surface area contributed by atoms with Gasteiger partial charge >= 0.3 is 0 Å². The first-order valence-electron chi connectivity index (χ1n) is 8.92. The van der Waals surface area contributed by atoms with E-state index in [1.807, 2.05) is 24.3 Å². The average molecular weight is 478 g/mol. The van der Waals surface area contributed by atoms with Gasteiger partial charge in [0.05, 0.1) is 12.8 Å². The van der Waals surface area contributed by atoms with Crippen LogP contribution in [0.2, 0.25) is 5.02 Å². The number of rotatable bonds is 7. The topological polar surface area (TPSA) is 72.4 Å². The first-order chi connectivity index (χ1) is 14.5. The Hall–Kier alpha value is -2.07. The molecule has 2 heterocycles. The first-order valence-corrected chi connectivity index (χ1v) is 12.0. The largest absolute Gasteiger partial charge is 0.497 e.